The number of rotatable bonds is 4. The molecule has 2 nitrogen and oxygen atoms in total. The number of hydrogen-bond donors (Lipinski definition) is 1. The molecule has 0 amide bonds. The van der Waals surface area contributed by atoms with Crippen LogP contribution < -0.4 is 5.32 Å². The number of nitrogens with zero attached hydrogens (tertiary/aromatic N) is 1. The van der Waals surface area contributed by atoms with Crippen LogP contribution in [0.1, 0.15) is 46.1 Å². The maximum Gasteiger partial charge on any atom is 0.126 e. The first kappa shape index (κ1) is 12.0. The Kier molecular flexibility index (Phi) is 4.13. The van der Waals surface area contributed by atoms with Crippen molar-refractivity contribution in [3.63, 3.8) is 0 Å². The molecule has 0 bridgehead atoms. The third kappa shape index (κ3) is 3.90. The van der Waals surface area contributed by atoms with Crippen molar-refractivity contribution in [3.8, 4) is 0 Å². The number of anilines is 1. The Balaban J connectivity index is 2.66. The molecule has 0 aliphatic carbocycles. The van der Waals surface area contributed by atoms with Gasteiger partial charge in [-0.15, -0.1) is 0 Å². The molecule has 1 aromatic heterocycles. The predicted octanol–water partition coefficient (Wildman–Crippen LogP) is 3.59. The van der Waals surface area contributed by atoms with Gasteiger partial charge in [-0.1, -0.05) is 34.1 Å². The molecule has 15 heavy (non-hydrogen) atoms. The second-order valence-electron chi connectivity index (χ2n) is 4.96. The Hall–Kier alpha value is -1.05. The number of hydrogen-bond acceptors (Lipinski definition) is 2. The maximum atomic E-state index is 4.31. The molecule has 0 aromatic carbocycles. The molecule has 1 rings (SSSR count). The molecule has 84 valence electrons. The number of aromatic nitrogens is 1. The molecule has 0 atom stereocenters. The Bertz CT molecular complexity index is 300. The van der Waals surface area contributed by atoms with Gasteiger partial charge in [0, 0.05) is 12.7 Å². The molecule has 0 aliphatic heterocycles. The Morgan fingerprint density at radius 1 is 1.33 bits per heavy atom. The van der Waals surface area contributed by atoms with Crippen LogP contribution in [0.4, 0.5) is 5.82 Å². The van der Waals surface area contributed by atoms with E-state index in [0.29, 0.717) is 0 Å². The molecule has 0 spiro atoms. The van der Waals surface area contributed by atoms with Crippen molar-refractivity contribution in [3.05, 3.63) is 23.9 Å². The van der Waals surface area contributed by atoms with Crippen molar-refractivity contribution in [2.45, 2.75) is 46.0 Å². The predicted molar refractivity (Wildman–Crippen MR) is 66.3 cm³/mol. The summed E-state index contributed by atoms with van der Waals surface area (Å²) in [7, 11) is 0. The molecule has 0 aliphatic rings. The van der Waals surface area contributed by atoms with Crippen molar-refractivity contribution in [2.75, 3.05) is 11.9 Å². The van der Waals surface area contributed by atoms with Crippen molar-refractivity contribution in [1.82, 2.24) is 4.98 Å². The van der Waals surface area contributed by atoms with Gasteiger partial charge in [-0.2, -0.15) is 0 Å². The van der Waals surface area contributed by atoms with E-state index in [9.17, 15) is 0 Å². The van der Waals surface area contributed by atoms with Crippen LogP contribution in [0.3, 0.4) is 0 Å². The lowest BCUT2D eigenvalue weighted by molar-refractivity contribution is 0.589. The summed E-state index contributed by atoms with van der Waals surface area (Å²) in [6.07, 6.45) is 4.29. The minimum Gasteiger partial charge on any atom is -0.370 e. The summed E-state index contributed by atoms with van der Waals surface area (Å²) in [4.78, 5) is 4.31. The van der Waals surface area contributed by atoms with Crippen LogP contribution in [0.25, 0.3) is 0 Å². The second kappa shape index (κ2) is 5.15. The quantitative estimate of drug-likeness (QED) is 0.761. The smallest absolute Gasteiger partial charge is 0.126 e. The van der Waals surface area contributed by atoms with Gasteiger partial charge < -0.3 is 5.32 Å². The summed E-state index contributed by atoms with van der Waals surface area (Å²) >= 11 is 0. The topological polar surface area (TPSA) is 24.9 Å². The minimum atomic E-state index is 0.199. The zero-order valence-corrected chi connectivity index (χ0v) is 10.3. The van der Waals surface area contributed by atoms with Gasteiger partial charge in [0.25, 0.3) is 0 Å². The fourth-order valence-electron chi connectivity index (χ4n) is 1.39. The van der Waals surface area contributed by atoms with Gasteiger partial charge in [-0.3, -0.25) is 0 Å². The van der Waals surface area contributed by atoms with E-state index < -0.39 is 0 Å². The first-order valence-electron chi connectivity index (χ1n) is 5.74. The highest BCUT2D eigenvalue weighted by Crippen LogP contribution is 2.23. The van der Waals surface area contributed by atoms with E-state index in [2.05, 4.69) is 50.1 Å². The molecule has 0 unspecified atom stereocenters. The van der Waals surface area contributed by atoms with Gasteiger partial charge in [-0.05, 0) is 29.5 Å². The fraction of sp³-hybridized carbons (Fsp3) is 0.615. The molecule has 0 radical (unpaired) electrons. The van der Waals surface area contributed by atoms with Crippen molar-refractivity contribution < 1.29 is 0 Å². The lowest BCUT2D eigenvalue weighted by Crippen LogP contribution is -2.12. The molecule has 0 fully saturated rings. The number of unbranched alkanes of at least 4 members (excludes halogenated alkanes) is 1. The van der Waals surface area contributed by atoms with E-state index in [1.165, 1.54) is 18.4 Å². The summed E-state index contributed by atoms with van der Waals surface area (Å²) < 4.78 is 0. The lowest BCUT2D eigenvalue weighted by Gasteiger charge is -2.19. The summed E-state index contributed by atoms with van der Waals surface area (Å²) in [6.45, 7) is 9.87. The van der Waals surface area contributed by atoms with Gasteiger partial charge in [0.1, 0.15) is 5.82 Å². The average Bonchev–Trinajstić information content (AvgIpc) is 2.17. The molecule has 2 heteroatoms. The average molecular weight is 206 g/mol. The van der Waals surface area contributed by atoms with Crippen molar-refractivity contribution in [1.29, 1.82) is 0 Å². The Morgan fingerprint density at radius 2 is 2.07 bits per heavy atom. The standard InChI is InChI=1S/C13H22N2/c1-5-6-8-14-12-10-11(7-9-15-12)13(2,3)4/h7,9-10H,5-6,8H2,1-4H3,(H,14,15). The first-order chi connectivity index (χ1) is 7.04. The largest absolute Gasteiger partial charge is 0.370 e. The van der Waals surface area contributed by atoms with E-state index in [4.69, 9.17) is 0 Å². The summed E-state index contributed by atoms with van der Waals surface area (Å²) in [5.41, 5.74) is 1.53. The van der Waals surface area contributed by atoms with Gasteiger partial charge in [-0.25, -0.2) is 4.98 Å². The maximum absolute atomic E-state index is 4.31. The zero-order valence-electron chi connectivity index (χ0n) is 10.3. The van der Waals surface area contributed by atoms with Gasteiger partial charge in [0.2, 0.25) is 0 Å². The van der Waals surface area contributed by atoms with E-state index in [1.54, 1.807) is 0 Å². The van der Waals surface area contributed by atoms with Gasteiger partial charge in [0.15, 0.2) is 0 Å². The van der Waals surface area contributed by atoms with Gasteiger partial charge >= 0.3 is 0 Å². The minimum absolute atomic E-state index is 0.199. The van der Waals surface area contributed by atoms with Crippen LogP contribution in [0.5, 0.6) is 0 Å². The highest BCUT2D eigenvalue weighted by Gasteiger charge is 2.13. The van der Waals surface area contributed by atoms with Crippen LogP contribution >= 0.6 is 0 Å². The van der Waals surface area contributed by atoms with Crippen molar-refractivity contribution >= 4 is 5.82 Å². The Morgan fingerprint density at radius 3 is 2.67 bits per heavy atom. The molecule has 0 saturated heterocycles. The fourth-order valence-corrected chi connectivity index (χ4v) is 1.39. The first-order valence-corrected chi connectivity index (χ1v) is 5.74. The molecule has 1 N–H and O–H groups in total. The van der Waals surface area contributed by atoms with Crippen LogP contribution in [0.2, 0.25) is 0 Å². The van der Waals surface area contributed by atoms with Gasteiger partial charge in [0.05, 0.1) is 0 Å². The van der Waals surface area contributed by atoms with E-state index >= 15 is 0 Å². The summed E-state index contributed by atoms with van der Waals surface area (Å²) in [6, 6.07) is 4.24. The number of nitrogens with one attached hydrogen (secondary N) is 1. The van der Waals surface area contributed by atoms with Crippen LogP contribution in [0, 0.1) is 0 Å². The molecular weight excluding hydrogens is 184 g/mol. The van der Waals surface area contributed by atoms with Crippen LogP contribution in [-0.2, 0) is 5.41 Å². The molecule has 0 saturated carbocycles. The second-order valence-corrected chi connectivity index (χ2v) is 4.96. The third-order valence-electron chi connectivity index (χ3n) is 2.46. The van der Waals surface area contributed by atoms with Crippen molar-refractivity contribution in [2.24, 2.45) is 0 Å². The molecular formula is C13H22N2. The molecule has 1 heterocycles. The highest BCUT2D eigenvalue weighted by molar-refractivity contribution is 5.39. The van der Waals surface area contributed by atoms with Crippen LogP contribution in [-0.4, -0.2) is 11.5 Å². The normalized spacial score (nSPS) is 11.5. The summed E-state index contributed by atoms with van der Waals surface area (Å²) in [5.74, 6) is 0.996. The molecule has 1 aromatic rings. The van der Waals surface area contributed by atoms with E-state index in [0.717, 1.165) is 12.4 Å². The van der Waals surface area contributed by atoms with E-state index in [-0.39, 0.29) is 5.41 Å². The lowest BCUT2D eigenvalue weighted by atomic mass is 9.88. The third-order valence-corrected chi connectivity index (χ3v) is 2.46. The SMILES string of the molecule is CCCCNc1cc(C(C)(C)C)ccn1. The van der Waals surface area contributed by atoms with E-state index in [1.807, 2.05) is 6.20 Å². The van der Waals surface area contributed by atoms with Crippen LogP contribution in [0.15, 0.2) is 18.3 Å². The number of pyridine rings is 1. The Labute approximate surface area is 93.1 Å². The monoisotopic (exact) mass is 206 g/mol. The summed E-state index contributed by atoms with van der Waals surface area (Å²) in [5, 5.41) is 3.35. The highest BCUT2D eigenvalue weighted by atomic mass is 15.0. The zero-order chi connectivity index (χ0) is 11.3.